The van der Waals surface area contributed by atoms with E-state index in [1.54, 1.807) is 12.1 Å². The van der Waals surface area contributed by atoms with Gasteiger partial charge in [0, 0.05) is 11.1 Å². The van der Waals surface area contributed by atoms with Crippen molar-refractivity contribution in [1.29, 1.82) is 5.26 Å². The van der Waals surface area contributed by atoms with Crippen LogP contribution < -0.4 is 0 Å². The monoisotopic (exact) mass is 323 g/mol. The Hall–Kier alpha value is -2.18. The fourth-order valence-corrected chi connectivity index (χ4v) is 3.07. The zero-order chi connectivity index (χ0) is 14.1. The molecule has 0 heterocycles. The molecule has 1 atom stereocenters. The van der Waals surface area contributed by atoms with Crippen LogP contribution in [0, 0.1) is 11.3 Å². The largest absolute Gasteiger partial charge is 0.289 e. The molecule has 0 spiro atoms. The maximum Gasteiger partial charge on any atom is 0.190 e. The third kappa shape index (κ3) is 2.09. The molecule has 96 valence electrons. The molecule has 2 nitrogen and oxygen atoms in total. The van der Waals surface area contributed by atoms with Gasteiger partial charge in [0.2, 0.25) is 0 Å². The lowest BCUT2D eigenvalue weighted by Crippen LogP contribution is -1.95. The minimum Gasteiger partial charge on any atom is -0.289 e. The second-order valence-electron chi connectivity index (χ2n) is 4.61. The summed E-state index contributed by atoms with van der Waals surface area (Å²) >= 11 is 3.59. The zero-order valence-corrected chi connectivity index (χ0v) is 12.1. The van der Waals surface area contributed by atoms with Gasteiger partial charge in [0.1, 0.15) is 0 Å². The van der Waals surface area contributed by atoms with E-state index in [1.807, 2.05) is 42.5 Å². The Labute approximate surface area is 125 Å². The molecule has 20 heavy (non-hydrogen) atoms. The maximum absolute atomic E-state index is 12.4. The molecule has 3 rings (SSSR count). The third-order valence-corrected chi connectivity index (χ3v) is 4.36. The van der Waals surface area contributed by atoms with Gasteiger partial charge in [-0.2, -0.15) is 5.26 Å². The van der Waals surface area contributed by atoms with Crippen molar-refractivity contribution < 1.29 is 4.79 Å². The summed E-state index contributed by atoms with van der Waals surface area (Å²) in [5, 5.41) is 8.79. The number of fused-ring (bicyclic) bond motifs is 1. The summed E-state index contributed by atoms with van der Waals surface area (Å²) in [6.07, 6.45) is 1.88. The van der Waals surface area contributed by atoms with Gasteiger partial charge in [0.15, 0.2) is 5.78 Å². The standard InChI is InChI=1S/C17H10BrNO/c18-16-13-3-1-2-4-14(13)17(20)15(16)9-11-5-7-12(10-19)8-6-11/h1-9,16H/b15-9+. The molecule has 0 saturated carbocycles. The molecule has 1 unspecified atom stereocenters. The molecule has 0 radical (unpaired) electrons. The van der Waals surface area contributed by atoms with Crippen LogP contribution in [0.25, 0.3) is 6.08 Å². The van der Waals surface area contributed by atoms with Gasteiger partial charge in [-0.05, 0) is 29.3 Å². The number of hydrogen-bond donors (Lipinski definition) is 0. The molecule has 0 aliphatic heterocycles. The van der Waals surface area contributed by atoms with Gasteiger partial charge in [0.05, 0.1) is 16.5 Å². The summed E-state index contributed by atoms with van der Waals surface area (Å²) < 4.78 is 0. The van der Waals surface area contributed by atoms with Crippen molar-refractivity contribution in [3.63, 3.8) is 0 Å². The molecule has 3 heteroatoms. The van der Waals surface area contributed by atoms with E-state index in [0.29, 0.717) is 5.56 Å². The number of nitrogens with zero attached hydrogens (tertiary/aromatic N) is 1. The molecule has 0 saturated heterocycles. The number of halogens is 1. The van der Waals surface area contributed by atoms with Crippen LogP contribution in [0.1, 0.15) is 31.9 Å². The van der Waals surface area contributed by atoms with Crippen LogP contribution in [-0.2, 0) is 0 Å². The number of benzene rings is 2. The lowest BCUT2D eigenvalue weighted by atomic mass is 10.1. The molecule has 0 fully saturated rings. The van der Waals surface area contributed by atoms with Gasteiger partial charge >= 0.3 is 0 Å². The minimum absolute atomic E-state index is 0.0619. The number of rotatable bonds is 1. The van der Waals surface area contributed by atoms with E-state index >= 15 is 0 Å². The van der Waals surface area contributed by atoms with Crippen LogP contribution in [0.5, 0.6) is 0 Å². The van der Waals surface area contributed by atoms with Gasteiger partial charge in [-0.3, -0.25) is 4.79 Å². The van der Waals surface area contributed by atoms with E-state index in [-0.39, 0.29) is 10.6 Å². The zero-order valence-electron chi connectivity index (χ0n) is 10.5. The van der Waals surface area contributed by atoms with E-state index in [0.717, 1.165) is 22.3 Å². The van der Waals surface area contributed by atoms with Crippen molar-refractivity contribution in [1.82, 2.24) is 0 Å². The SMILES string of the molecule is N#Cc1ccc(/C=C2/C(=O)c3ccccc3C2Br)cc1. The molecule has 0 aromatic heterocycles. The summed E-state index contributed by atoms with van der Waals surface area (Å²) in [6.45, 7) is 0. The first-order valence-corrected chi connectivity index (χ1v) is 7.12. The Balaban J connectivity index is 2.01. The first-order chi connectivity index (χ1) is 9.70. The summed E-state index contributed by atoms with van der Waals surface area (Å²) in [6, 6.07) is 16.9. The Bertz CT molecular complexity index is 753. The highest BCUT2D eigenvalue weighted by Crippen LogP contribution is 2.42. The predicted octanol–water partition coefficient (Wildman–Crippen LogP) is 4.27. The van der Waals surface area contributed by atoms with Crippen molar-refractivity contribution in [2.45, 2.75) is 4.83 Å². The van der Waals surface area contributed by atoms with E-state index in [2.05, 4.69) is 22.0 Å². The maximum atomic E-state index is 12.4. The van der Waals surface area contributed by atoms with Crippen LogP contribution in [0.4, 0.5) is 0 Å². The highest BCUT2D eigenvalue weighted by atomic mass is 79.9. The average Bonchev–Trinajstić information content (AvgIpc) is 2.74. The first-order valence-electron chi connectivity index (χ1n) is 6.20. The van der Waals surface area contributed by atoms with Crippen molar-refractivity contribution in [3.05, 3.63) is 76.4 Å². The molecular weight excluding hydrogens is 314 g/mol. The average molecular weight is 324 g/mol. The number of carbonyl (C=O) groups excluding carboxylic acids is 1. The smallest absolute Gasteiger partial charge is 0.190 e. The minimum atomic E-state index is -0.0677. The molecule has 2 aromatic carbocycles. The van der Waals surface area contributed by atoms with Crippen LogP contribution in [0.15, 0.2) is 54.1 Å². The number of allylic oxidation sites excluding steroid dienone is 1. The highest BCUT2D eigenvalue weighted by molar-refractivity contribution is 9.09. The Kier molecular flexibility index (Phi) is 3.25. The Morgan fingerprint density at radius 2 is 1.80 bits per heavy atom. The van der Waals surface area contributed by atoms with Gasteiger partial charge < -0.3 is 0 Å². The topological polar surface area (TPSA) is 40.9 Å². The number of Topliss-reactive ketones (excluding diaryl/α,β-unsaturated/α-hetero) is 1. The number of ketones is 1. The third-order valence-electron chi connectivity index (χ3n) is 3.38. The van der Waals surface area contributed by atoms with Crippen molar-refractivity contribution in [2.24, 2.45) is 0 Å². The van der Waals surface area contributed by atoms with Crippen molar-refractivity contribution in [3.8, 4) is 6.07 Å². The Morgan fingerprint density at radius 1 is 1.10 bits per heavy atom. The first kappa shape index (κ1) is 12.8. The summed E-state index contributed by atoms with van der Waals surface area (Å²) in [5.41, 5.74) is 4.04. The lowest BCUT2D eigenvalue weighted by molar-refractivity contribution is 0.104. The van der Waals surface area contributed by atoms with Crippen LogP contribution in [-0.4, -0.2) is 5.78 Å². The number of hydrogen-bond acceptors (Lipinski definition) is 2. The lowest BCUT2D eigenvalue weighted by Gasteiger charge is -2.03. The molecule has 1 aliphatic carbocycles. The Morgan fingerprint density at radius 3 is 2.45 bits per heavy atom. The number of carbonyl (C=O) groups is 1. The predicted molar refractivity (Wildman–Crippen MR) is 81.6 cm³/mol. The summed E-state index contributed by atoms with van der Waals surface area (Å²) in [7, 11) is 0. The molecule has 0 amide bonds. The number of nitriles is 1. The second kappa shape index (κ2) is 5.07. The quantitative estimate of drug-likeness (QED) is 0.580. The highest BCUT2D eigenvalue weighted by Gasteiger charge is 2.32. The molecule has 1 aliphatic rings. The van der Waals surface area contributed by atoms with Crippen LogP contribution >= 0.6 is 15.9 Å². The van der Waals surface area contributed by atoms with Crippen molar-refractivity contribution >= 4 is 27.8 Å². The van der Waals surface area contributed by atoms with Gasteiger partial charge in [0.25, 0.3) is 0 Å². The molecular formula is C17H10BrNO. The van der Waals surface area contributed by atoms with Gasteiger partial charge in [-0.25, -0.2) is 0 Å². The summed E-state index contributed by atoms with van der Waals surface area (Å²) in [5.74, 6) is 0.0619. The van der Waals surface area contributed by atoms with E-state index in [4.69, 9.17) is 5.26 Å². The molecule has 0 bridgehead atoms. The van der Waals surface area contributed by atoms with E-state index in [9.17, 15) is 4.79 Å². The van der Waals surface area contributed by atoms with E-state index in [1.165, 1.54) is 0 Å². The second-order valence-corrected chi connectivity index (χ2v) is 5.53. The normalized spacial score (nSPS) is 18.9. The van der Waals surface area contributed by atoms with Gasteiger partial charge in [-0.1, -0.05) is 52.3 Å². The molecule has 0 N–H and O–H groups in total. The molecule has 2 aromatic rings. The van der Waals surface area contributed by atoms with Crippen LogP contribution in [0.2, 0.25) is 0 Å². The fourth-order valence-electron chi connectivity index (χ4n) is 2.34. The van der Waals surface area contributed by atoms with Gasteiger partial charge in [-0.15, -0.1) is 0 Å². The van der Waals surface area contributed by atoms with Crippen molar-refractivity contribution in [2.75, 3.05) is 0 Å². The fraction of sp³-hybridized carbons (Fsp3) is 0.0588. The van der Waals surface area contributed by atoms with Crippen LogP contribution in [0.3, 0.4) is 0 Å². The van der Waals surface area contributed by atoms with E-state index < -0.39 is 0 Å². The number of alkyl halides is 1. The summed E-state index contributed by atoms with van der Waals surface area (Å²) in [4.78, 5) is 12.3.